The molecule has 5 nitrogen and oxygen atoms in total. The van der Waals surface area contributed by atoms with Gasteiger partial charge >= 0.3 is 0 Å². The Hall–Kier alpha value is -1.53. The second-order valence-corrected chi connectivity index (χ2v) is 7.90. The van der Waals surface area contributed by atoms with Gasteiger partial charge in [-0.15, -0.1) is 0 Å². The molecule has 2 aromatic rings. The molecule has 1 heterocycles. The quantitative estimate of drug-likeness (QED) is 0.757. The summed E-state index contributed by atoms with van der Waals surface area (Å²) in [6.45, 7) is 6.66. The van der Waals surface area contributed by atoms with Crippen molar-refractivity contribution in [1.82, 2.24) is 9.71 Å². The highest BCUT2D eigenvalue weighted by Gasteiger charge is 2.19. The predicted octanol–water partition coefficient (Wildman–Crippen LogP) is 2.46. The zero-order valence-corrected chi connectivity index (χ0v) is 12.8. The summed E-state index contributed by atoms with van der Waals surface area (Å²) >= 11 is 0. The van der Waals surface area contributed by atoms with E-state index in [1.165, 1.54) is 6.20 Å². The number of fused-ring (bicyclic) bond motifs is 1. The largest absolute Gasteiger partial charge is 0.399 e. The zero-order valence-electron chi connectivity index (χ0n) is 12.0. The molecule has 0 unspecified atom stereocenters. The van der Waals surface area contributed by atoms with E-state index in [2.05, 4.69) is 30.5 Å². The van der Waals surface area contributed by atoms with Crippen molar-refractivity contribution in [3.63, 3.8) is 0 Å². The summed E-state index contributed by atoms with van der Waals surface area (Å²) in [4.78, 5) is 3.21. The number of sulfonamides is 1. The number of hydrogen-bond donors (Lipinski definition) is 3. The second-order valence-electron chi connectivity index (χ2n) is 6.17. The van der Waals surface area contributed by atoms with Crippen molar-refractivity contribution >= 4 is 26.6 Å². The molecule has 0 spiro atoms. The first-order valence-electron chi connectivity index (χ1n) is 6.55. The van der Waals surface area contributed by atoms with Crippen LogP contribution in [-0.2, 0) is 10.0 Å². The number of aromatic nitrogens is 1. The minimum atomic E-state index is -3.50. The number of hydrogen-bond acceptors (Lipinski definition) is 3. The van der Waals surface area contributed by atoms with Crippen molar-refractivity contribution in [2.75, 3.05) is 12.3 Å². The third kappa shape index (κ3) is 3.32. The van der Waals surface area contributed by atoms with Crippen LogP contribution in [0.4, 0.5) is 5.69 Å². The summed E-state index contributed by atoms with van der Waals surface area (Å²) < 4.78 is 27.3. The van der Waals surface area contributed by atoms with Gasteiger partial charge < -0.3 is 10.7 Å². The van der Waals surface area contributed by atoms with Crippen molar-refractivity contribution in [3.8, 4) is 0 Å². The van der Waals surface area contributed by atoms with E-state index in [4.69, 9.17) is 5.73 Å². The summed E-state index contributed by atoms with van der Waals surface area (Å²) in [5.74, 6) is 0. The number of nitrogens with two attached hydrogens (primary N) is 1. The van der Waals surface area contributed by atoms with E-state index in [0.717, 1.165) is 11.9 Å². The molecule has 0 fully saturated rings. The molecule has 0 amide bonds. The molecule has 20 heavy (non-hydrogen) atoms. The summed E-state index contributed by atoms with van der Waals surface area (Å²) in [5.41, 5.74) is 7.10. The van der Waals surface area contributed by atoms with E-state index in [0.29, 0.717) is 17.6 Å². The van der Waals surface area contributed by atoms with Gasteiger partial charge in [0.2, 0.25) is 10.0 Å². The van der Waals surface area contributed by atoms with Crippen molar-refractivity contribution < 1.29 is 8.42 Å². The molecule has 0 bridgehead atoms. The topological polar surface area (TPSA) is 88.0 Å². The first kappa shape index (κ1) is 14.9. The maximum Gasteiger partial charge on any atom is 0.242 e. The fraction of sp³-hybridized carbons (Fsp3) is 0.429. The molecule has 0 saturated heterocycles. The molecule has 0 radical (unpaired) electrons. The highest BCUT2D eigenvalue weighted by molar-refractivity contribution is 7.89. The van der Waals surface area contributed by atoms with Gasteiger partial charge in [0.15, 0.2) is 0 Å². The van der Waals surface area contributed by atoms with E-state index < -0.39 is 10.0 Å². The molecule has 0 saturated carbocycles. The van der Waals surface area contributed by atoms with E-state index in [9.17, 15) is 8.42 Å². The minimum Gasteiger partial charge on any atom is -0.399 e. The van der Waals surface area contributed by atoms with Crippen LogP contribution in [0.2, 0.25) is 0 Å². The summed E-state index contributed by atoms with van der Waals surface area (Å²) in [6.07, 6.45) is 2.28. The van der Waals surface area contributed by atoms with E-state index >= 15 is 0 Å². The zero-order chi connectivity index (χ0) is 15.0. The Balaban J connectivity index is 2.24. The van der Waals surface area contributed by atoms with Crippen molar-refractivity contribution in [3.05, 3.63) is 24.4 Å². The van der Waals surface area contributed by atoms with E-state index in [-0.39, 0.29) is 10.3 Å². The molecule has 0 aliphatic carbocycles. The number of anilines is 1. The molecule has 2 rings (SSSR count). The lowest BCUT2D eigenvalue weighted by Crippen LogP contribution is -2.27. The van der Waals surface area contributed by atoms with Crippen molar-refractivity contribution in [2.24, 2.45) is 5.41 Å². The van der Waals surface area contributed by atoms with Crippen LogP contribution >= 0.6 is 0 Å². The minimum absolute atomic E-state index is 0.0944. The number of nitrogens with one attached hydrogen (secondary N) is 2. The first-order valence-corrected chi connectivity index (χ1v) is 8.04. The van der Waals surface area contributed by atoms with Gasteiger partial charge in [-0.2, -0.15) is 0 Å². The summed E-state index contributed by atoms with van der Waals surface area (Å²) in [7, 11) is -3.50. The van der Waals surface area contributed by atoms with Crippen LogP contribution in [0.3, 0.4) is 0 Å². The number of rotatable bonds is 4. The van der Waals surface area contributed by atoms with Gasteiger partial charge in [-0.1, -0.05) is 20.8 Å². The maximum absolute atomic E-state index is 12.3. The summed E-state index contributed by atoms with van der Waals surface area (Å²) in [5, 5.41) is 0.655. The normalized spacial score (nSPS) is 12.9. The standard InChI is InChI=1S/C14H21N3O2S/c1-14(2,3)6-7-17-20(18,19)13-9-16-12-8-10(15)4-5-11(12)13/h4-5,8-9,16-17H,6-7,15H2,1-3H3. The Morgan fingerprint density at radius 2 is 2.00 bits per heavy atom. The maximum atomic E-state index is 12.3. The number of aromatic amines is 1. The Labute approximate surface area is 119 Å². The smallest absolute Gasteiger partial charge is 0.242 e. The average Bonchev–Trinajstić information content (AvgIpc) is 2.70. The van der Waals surface area contributed by atoms with Crippen LogP contribution in [0.25, 0.3) is 10.9 Å². The van der Waals surface area contributed by atoms with Gasteiger partial charge in [-0.3, -0.25) is 0 Å². The molecular formula is C14H21N3O2S. The molecule has 1 aromatic heterocycles. The average molecular weight is 295 g/mol. The lowest BCUT2D eigenvalue weighted by molar-refractivity contribution is 0.378. The monoisotopic (exact) mass is 295 g/mol. The molecule has 0 aliphatic heterocycles. The van der Waals surface area contributed by atoms with Gasteiger partial charge in [0.1, 0.15) is 4.90 Å². The first-order chi connectivity index (χ1) is 9.19. The Morgan fingerprint density at radius 1 is 1.30 bits per heavy atom. The Morgan fingerprint density at radius 3 is 2.65 bits per heavy atom. The Bertz CT molecular complexity index is 712. The second kappa shape index (κ2) is 5.10. The molecule has 110 valence electrons. The van der Waals surface area contributed by atoms with Gasteiger partial charge in [0, 0.05) is 29.3 Å². The van der Waals surface area contributed by atoms with Gasteiger partial charge in [0.05, 0.1) is 0 Å². The SMILES string of the molecule is CC(C)(C)CCNS(=O)(=O)c1c[nH]c2cc(N)ccc12. The summed E-state index contributed by atoms with van der Waals surface area (Å²) in [6, 6.07) is 5.15. The highest BCUT2D eigenvalue weighted by Crippen LogP contribution is 2.24. The molecule has 1 aromatic carbocycles. The third-order valence-electron chi connectivity index (χ3n) is 3.12. The van der Waals surface area contributed by atoms with Crippen molar-refractivity contribution in [1.29, 1.82) is 0 Å². The molecule has 4 N–H and O–H groups in total. The van der Waals surface area contributed by atoms with Crippen LogP contribution in [-0.4, -0.2) is 19.9 Å². The van der Waals surface area contributed by atoms with Crippen molar-refractivity contribution in [2.45, 2.75) is 32.1 Å². The molecule has 6 heteroatoms. The van der Waals surface area contributed by atoms with Crippen LogP contribution in [0, 0.1) is 5.41 Å². The predicted molar refractivity (Wildman–Crippen MR) is 82.0 cm³/mol. The van der Waals surface area contributed by atoms with E-state index in [1.54, 1.807) is 18.2 Å². The van der Waals surface area contributed by atoms with Crippen LogP contribution < -0.4 is 10.5 Å². The van der Waals surface area contributed by atoms with Crippen LogP contribution in [0.1, 0.15) is 27.2 Å². The lowest BCUT2D eigenvalue weighted by atomic mass is 9.93. The fourth-order valence-corrected chi connectivity index (χ4v) is 3.19. The van der Waals surface area contributed by atoms with Gasteiger partial charge in [0.25, 0.3) is 0 Å². The molecule has 0 aliphatic rings. The van der Waals surface area contributed by atoms with Gasteiger partial charge in [-0.25, -0.2) is 13.1 Å². The van der Waals surface area contributed by atoms with E-state index in [1.807, 2.05) is 0 Å². The highest BCUT2D eigenvalue weighted by atomic mass is 32.2. The Kier molecular flexibility index (Phi) is 3.80. The van der Waals surface area contributed by atoms with Crippen LogP contribution in [0.15, 0.2) is 29.3 Å². The number of H-pyrrole nitrogens is 1. The number of benzene rings is 1. The molecule has 0 atom stereocenters. The fourth-order valence-electron chi connectivity index (χ4n) is 1.98. The number of nitrogen functional groups attached to an aromatic ring is 1. The van der Waals surface area contributed by atoms with Gasteiger partial charge in [-0.05, 0) is 30.0 Å². The third-order valence-corrected chi connectivity index (χ3v) is 4.63. The molecular weight excluding hydrogens is 274 g/mol. The lowest BCUT2D eigenvalue weighted by Gasteiger charge is -2.17. The van der Waals surface area contributed by atoms with Crippen LogP contribution in [0.5, 0.6) is 0 Å².